The third-order valence-electron chi connectivity index (χ3n) is 4.24. The molecular formula is C20H26N2O. The summed E-state index contributed by atoms with van der Waals surface area (Å²) in [5.74, 6) is 0. The molecule has 0 aliphatic carbocycles. The molecule has 2 aromatic carbocycles. The van der Waals surface area contributed by atoms with Gasteiger partial charge < -0.3 is 10.6 Å². The van der Waals surface area contributed by atoms with E-state index in [1.54, 1.807) is 0 Å². The summed E-state index contributed by atoms with van der Waals surface area (Å²) in [4.78, 5) is 12.2. The zero-order valence-electron chi connectivity index (χ0n) is 14.7. The van der Waals surface area contributed by atoms with E-state index in [0.717, 1.165) is 16.8 Å². The van der Waals surface area contributed by atoms with Crippen molar-refractivity contribution in [3.63, 3.8) is 0 Å². The van der Waals surface area contributed by atoms with Crippen LogP contribution in [0.4, 0.5) is 10.5 Å². The number of nitrogens with one attached hydrogen (secondary N) is 2. The van der Waals surface area contributed by atoms with E-state index in [2.05, 4.69) is 55.7 Å². The third-order valence-corrected chi connectivity index (χ3v) is 4.24. The van der Waals surface area contributed by atoms with Crippen molar-refractivity contribution in [1.29, 1.82) is 0 Å². The smallest absolute Gasteiger partial charge is 0.319 e. The van der Waals surface area contributed by atoms with Gasteiger partial charge in [-0.3, -0.25) is 0 Å². The second-order valence-corrected chi connectivity index (χ2v) is 6.82. The number of rotatable bonds is 4. The van der Waals surface area contributed by atoms with Gasteiger partial charge in [-0.25, -0.2) is 4.79 Å². The Bertz CT molecular complexity index is 667. The number of benzene rings is 2. The van der Waals surface area contributed by atoms with Crippen LogP contribution in [0.1, 0.15) is 36.1 Å². The number of para-hydroxylation sites is 1. The van der Waals surface area contributed by atoms with Gasteiger partial charge >= 0.3 is 6.03 Å². The van der Waals surface area contributed by atoms with Crippen molar-refractivity contribution in [1.82, 2.24) is 5.32 Å². The lowest BCUT2D eigenvalue weighted by Gasteiger charge is -2.26. The van der Waals surface area contributed by atoms with Crippen molar-refractivity contribution in [3.8, 4) is 0 Å². The zero-order valence-corrected chi connectivity index (χ0v) is 14.7. The summed E-state index contributed by atoms with van der Waals surface area (Å²) in [7, 11) is 0. The summed E-state index contributed by atoms with van der Waals surface area (Å²) in [5, 5.41) is 5.95. The number of urea groups is 1. The molecule has 0 saturated carbocycles. The predicted molar refractivity (Wildman–Crippen MR) is 97.1 cm³/mol. The van der Waals surface area contributed by atoms with E-state index in [9.17, 15) is 4.79 Å². The van der Waals surface area contributed by atoms with Crippen LogP contribution in [-0.4, -0.2) is 12.6 Å². The largest absolute Gasteiger partial charge is 0.337 e. The SMILES string of the molecule is Cc1ccc(C(C)(C)CNC(=O)Nc2c(C)cccc2C)cc1. The van der Waals surface area contributed by atoms with Crippen molar-refractivity contribution < 1.29 is 4.79 Å². The van der Waals surface area contributed by atoms with Crippen molar-refractivity contribution in [3.05, 3.63) is 64.7 Å². The molecule has 2 rings (SSSR count). The van der Waals surface area contributed by atoms with Gasteiger partial charge in [-0.1, -0.05) is 61.9 Å². The molecule has 0 saturated heterocycles. The Balaban J connectivity index is 1.99. The topological polar surface area (TPSA) is 41.1 Å². The van der Waals surface area contributed by atoms with Crippen LogP contribution in [0.25, 0.3) is 0 Å². The van der Waals surface area contributed by atoms with Crippen LogP contribution in [0.15, 0.2) is 42.5 Å². The molecule has 0 spiro atoms. The zero-order chi connectivity index (χ0) is 17.0. The van der Waals surface area contributed by atoms with E-state index >= 15 is 0 Å². The summed E-state index contributed by atoms with van der Waals surface area (Å²) < 4.78 is 0. The average molecular weight is 310 g/mol. The second kappa shape index (κ2) is 6.86. The number of amides is 2. The van der Waals surface area contributed by atoms with Gasteiger partial charge in [0.1, 0.15) is 0 Å². The van der Waals surface area contributed by atoms with Crippen molar-refractivity contribution in [2.24, 2.45) is 0 Å². The summed E-state index contributed by atoms with van der Waals surface area (Å²) >= 11 is 0. The molecule has 0 atom stereocenters. The molecule has 122 valence electrons. The number of aryl methyl sites for hydroxylation is 3. The summed E-state index contributed by atoms with van der Waals surface area (Å²) in [6.07, 6.45) is 0. The first kappa shape index (κ1) is 17.1. The Labute approximate surface area is 139 Å². The maximum Gasteiger partial charge on any atom is 0.319 e. The van der Waals surface area contributed by atoms with Crippen LogP contribution in [0.5, 0.6) is 0 Å². The van der Waals surface area contributed by atoms with E-state index in [-0.39, 0.29) is 11.4 Å². The Kier molecular flexibility index (Phi) is 5.09. The van der Waals surface area contributed by atoms with Crippen LogP contribution in [0, 0.1) is 20.8 Å². The van der Waals surface area contributed by atoms with Crippen LogP contribution in [0.2, 0.25) is 0 Å². The highest BCUT2D eigenvalue weighted by Gasteiger charge is 2.21. The lowest BCUT2D eigenvalue weighted by Crippen LogP contribution is -2.39. The number of carbonyl (C=O) groups is 1. The standard InChI is InChI=1S/C20H26N2O/c1-14-9-11-17(12-10-14)20(4,5)13-21-19(23)22-18-15(2)7-6-8-16(18)3/h6-12H,13H2,1-5H3,(H2,21,22,23). The molecule has 3 nitrogen and oxygen atoms in total. The molecule has 0 bridgehead atoms. The fourth-order valence-electron chi connectivity index (χ4n) is 2.58. The van der Waals surface area contributed by atoms with Gasteiger partial charge in [0.15, 0.2) is 0 Å². The molecule has 0 fully saturated rings. The summed E-state index contributed by atoms with van der Waals surface area (Å²) in [6, 6.07) is 14.3. The van der Waals surface area contributed by atoms with Crippen LogP contribution < -0.4 is 10.6 Å². The van der Waals surface area contributed by atoms with Crippen molar-refractivity contribution in [2.75, 3.05) is 11.9 Å². The molecule has 23 heavy (non-hydrogen) atoms. The molecule has 3 heteroatoms. The van der Waals surface area contributed by atoms with Gasteiger partial charge in [-0.15, -0.1) is 0 Å². The first-order chi connectivity index (χ1) is 10.8. The highest BCUT2D eigenvalue weighted by Crippen LogP contribution is 2.23. The molecule has 0 unspecified atom stereocenters. The van der Waals surface area contributed by atoms with Gasteiger partial charge in [-0.05, 0) is 37.5 Å². The van der Waals surface area contributed by atoms with Crippen LogP contribution in [0.3, 0.4) is 0 Å². The molecule has 0 aliphatic rings. The van der Waals surface area contributed by atoms with E-state index in [4.69, 9.17) is 0 Å². The number of anilines is 1. The van der Waals surface area contributed by atoms with E-state index in [1.807, 2.05) is 32.0 Å². The van der Waals surface area contributed by atoms with Gasteiger partial charge in [-0.2, -0.15) is 0 Å². The van der Waals surface area contributed by atoms with E-state index < -0.39 is 0 Å². The lowest BCUT2D eigenvalue weighted by molar-refractivity contribution is 0.249. The highest BCUT2D eigenvalue weighted by molar-refractivity contribution is 5.91. The van der Waals surface area contributed by atoms with Gasteiger partial charge in [0.25, 0.3) is 0 Å². The molecule has 0 heterocycles. The monoisotopic (exact) mass is 310 g/mol. The molecule has 0 radical (unpaired) electrons. The fourth-order valence-corrected chi connectivity index (χ4v) is 2.58. The fraction of sp³-hybridized carbons (Fsp3) is 0.350. The molecule has 2 N–H and O–H groups in total. The van der Waals surface area contributed by atoms with Crippen LogP contribution in [-0.2, 0) is 5.41 Å². The number of hydrogen-bond donors (Lipinski definition) is 2. The maximum atomic E-state index is 12.2. The maximum absolute atomic E-state index is 12.2. The molecule has 0 aliphatic heterocycles. The minimum Gasteiger partial charge on any atom is -0.337 e. The van der Waals surface area contributed by atoms with Crippen LogP contribution >= 0.6 is 0 Å². The van der Waals surface area contributed by atoms with Gasteiger partial charge in [0.05, 0.1) is 0 Å². The predicted octanol–water partition coefficient (Wildman–Crippen LogP) is 4.71. The average Bonchev–Trinajstić information content (AvgIpc) is 2.50. The Morgan fingerprint density at radius 1 is 0.957 bits per heavy atom. The normalized spacial score (nSPS) is 11.2. The molecular weight excluding hydrogens is 284 g/mol. The van der Waals surface area contributed by atoms with Crippen molar-refractivity contribution >= 4 is 11.7 Å². The molecule has 0 aromatic heterocycles. The van der Waals surface area contributed by atoms with Gasteiger partial charge in [0.2, 0.25) is 0 Å². The number of hydrogen-bond acceptors (Lipinski definition) is 1. The minimum atomic E-state index is -0.164. The minimum absolute atomic E-state index is 0.119. The first-order valence-electron chi connectivity index (χ1n) is 7.98. The number of carbonyl (C=O) groups excluding carboxylic acids is 1. The van der Waals surface area contributed by atoms with E-state index in [1.165, 1.54) is 11.1 Å². The quantitative estimate of drug-likeness (QED) is 0.843. The Hall–Kier alpha value is -2.29. The van der Waals surface area contributed by atoms with E-state index in [0.29, 0.717) is 6.54 Å². The Morgan fingerprint density at radius 2 is 1.52 bits per heavy atom. The summed E-state index contributed by atoms with van der Waals surface area (Å²) in [5.41, 5.74) is 5.36. The molecule has 2 amide bonds. The van der Waals surface area contributed by atoms with Crippen molar-refractivity contribution in [2.45, 2.75) is 40.0 Å². The highest BCUT2D eigenvalue weighted by atomic mass is 16.2. The lowest BCUT2D eigenvalue weighted by atomic mass is 9.84. The van der Waals surface area contributed by atoms with Gasteiger partial charge in [0, 0.05) is 17.6 Å². The third kappa shape index (κ3) is 4.35. The second-order valence-electron chi connectivity index (χ2n) is 6.82. The Morgan fingerprint density at radius 3 is 2.09 bits per heavy atom. The summed E-state index contributed by atoms with van der Waals surface area (Å²) in [6.45, 7) is 10.9. The molecule has 2 aromatic rings. The first-order valence-corrected chi connectivity index (χ1v) is 7.98.